The fourth-order valence-electron chi connectivity index (χ4n) is 2.22. The lowest BCUT2D eigenvalue weighted by molar-refractivity contribution is -0.385. The van der Waals surface area contributed by atoms with E-state index in [1.54, 1.807) is 6.92 Å². The minimum absolute atomic E-state index is 0.152. The molecule has 1 amide bonds. The van der Waals surface area contributed by atoms with Crippen molar-refractivity contribution < 1.29 is 14.5 Å². The number of carbonyl (C=O) groups is 1. The topological polar surface area (TPSA) is 81.5 Å². The lowest BCUT2D eigenvalue weighted by atomic mass is 10.1. The second kappa shape index (κ2) is 7.92. The summed E-state index contributed by atoms with van der Waals surface area (Å²) in [6.07, 6.45) is 0. The highest BCUT2D eigenvalue weighted by Crippen LogP contribution is 2.28. The number of nitro groups is 1. The minimum Gasteiger partial charge on any atom is -0.487 e. The molecule has 0 bridgehead atoms. The van der Waals surface area contributed by atoms with Crippen LogP contribution in [0.5, 0.6) is 5.75 Å². The van der Waals surface area contributed by atoms with Crippen molar-refractivity contribution in [1.82, 2.24) is 5.32 Å². The van der Waals surface area contributed by atoms with Crippen LogP contribution in [0.1, 0.15) is 35.8 Å². The lowest BCUT2D eigenvalue weighted by Gasteiger charge is -2.15. The molecule has 0 radical (unpaired) electrons. The molecular formula is C17H17BrN2O4. The maximum atomic E-state index is 12.4. The number of amides is 1. The number of rotatable bonds is 6. The van der Waals surface area contributed by atoms with Crippen LogP contribution in [-0.4, -0.2) is 17.4 Å². The molecule has 0 saturated heterocycles. The van der Waals surface area contributed by atoms with E-state index in [9.17, 15) is 14.9 Å². The van der Waals surface area contributed by atoms with E-state index in [-0.39, 0.29) is 28.9 Å². The van der Waals surface area contributed by atoms with E-state index < -0.39 is 4.92 Å². The van der Waals surface area contributed by atoms with Crippen LogP contribution in [0.2, 0.25) is 0 Å². The number of nitro benzene ring substituents is 1. The van der Waals surface area contributed by atoms with Gasteiger partial charge in [0.05, 0.1) is 17.6 Å². The number of carbonyl (C=O) groups excluding carboxylic acids is 1. The van der Waals surface area contributed by atoms with Gasteiger partial charge in [-0.3, -0.25) is 14.9 Å². The van der Waals surface area contributed by atoms with Crippen LogP contribution in [0.15, 0.2) is 46.9 Å². The van der Waals surface area contributed by atoms with Gasteiger partial charge in [0.15, 0.2) is 5.75 Å². The smallest absolute Gasteiger partial charge is 0.311 e. The van der Waals surface area contributed by atoms with Gasteiger partial charge in [-0.25, -0.2) is 0 Å². The molecule has 1 unspecified atom stereocenters. The summed E-state index contributed by atoms with van der Waals surface area (Å²) in [5.74, 6) is -0.229. The third-order valence-corrected chi connectivity index (χ3v) is 3.91. The molecule has 1 N–H and O–H groups in total. The molecule has 126 valence electrons. The van der Waals surface area contributed by atoms with Gasteiger partial charge in [0.1, 0.15) is 0 Å². The molecule has 0 saturated carbocycles. The zero-order chi connectivity index (χ0) is 17.7. The van der Waals surface area contributed by atoms with Gasteiger partial charge >= 0.3 is 5.69 Å². The number of halogens is 1. The Hall–Kier alpha value is -2.41. The van der Waals surface area contributed by atoms with Crippen molar-refractivity contribution in [3.63, 3.8) is 0 Å². The number of benzene rings is 2. The number of nitrogens with zero attached hydrogens (tertiary/aromatic N) is 1. The van der Waals surface area contributed by atoms with E-state index in [0.717, 1.165) is 10.0 Å². The summed E-state index contributed by atoms with van der Waals surface area (Å²) in [6.45, 7) is 3.90. The average Bonchev–Trinajstić information content (AvgIpc) is 2.55. The average molecular weight is 393 g/mol. The normalized spacial score (nSPS) is 11.6. The predicted octanol–water partition coefficient (Wildman–Crippen LogP) is 4.25. The molecule has 0 heterocycles. The Morgan fingerprint density at radius 3 is 2.71 bits per heavy atom. The minimum atomic E-state index is -0.556. The van der Waals surface area contributed by atoms with Crippen molar-refractivity contribution in [2.24, 2.45) is 0 Å². The fraction of sp³-hybridized carbons (Fsp3) is 0.235. The molecule has 0 aromatic heterocycles. The summed E-state index contributed by atoms with van der Waals surface area (Å²) in [6, 6.07) is 11.5. The Morgan fingerprint density at radius 1 is 1.33 bits per heavy atom. The third kappa shape index (κ3) is 4.32. The van der Waals surface area contributed by atoms with E-state index in [1.165, 1.54) is 18.2 Å². The van der Waals surface area contributed by atoms with Gasteiger partial charge in [0.25, 0.3) is 5.91 Å². The van der Waals surface area contributed by atoms with E-state index in [4.69, 9.17) is 4.74 Å². The first kappa shape index (κ1) is 17.9. The monoisotopic (exact) mass is 392 g/mol. The fourth-order valence-corrected chi connectivity index (χ4v) is 2.64. The molecule has 0 aliphatic heterocycles. The second-order valence-electron chi connectivity index (χ2n) is 5.12. The van der Waals surface area contributed by atoms with Crippen molar-refractivity contribution in [1.29, 1.82) is 0 Å². The second-order valence-corrected chi connectivity index (χ2v) is 6.04. The van der Waals surface area contributed by atoms with Gasteiger partial charge in [-0.05, 0) is 43.7 Å². The van der Waals surface area contributed by atoms with Gasteiger partial charge in [-0.2, -0.15) is 0 Å². The summed E-state index contributed by atoms with van der Waals surface area (Å²) >= 11 is 3.39. The Bertz CT molecular complexity index is 764. The Kier molecular flexibility index (Phi) is 5.92. The van der Waals surface area contributed by atoms with E-state index in [2.05, 4.69) is 21.2 Å². The predicted molar refractivity (Wildman–Crippen MR) is 94.3 cm³/mol. The molecule has 0 spiro atoms. The lowest BCUT2D eigenvalue weighted by Crippen LogP contribution is -2.26. The summed E-state index contributed by atoms with van der Waals surface area (Å²) in [4.78, 5) is 23.0. The SMILES string of the molecule is CCOc1ccc(C(=O)NC(C)c2cccc(Br)c2)cc1[N+](=O)[O-]. The Morgan fingerprint density at radius 2 is 2.08 bits per heavy atom. The van der Waals surface area contributed by atoms with Crippen LogP contribution >= 0.6 is 15.9 Å². The standard InChI is InChI=1S/C17H17BrN2O4/c1-3-24-16-8-7-13(10-15(16)20(22)23)17(21)19-11(2)12-5-4-6-14(18)9-12/h4-11H,3H2,1-2H3,(H,19,21). The van der Waals surface area contributed by atoms with Crippen LogP contribution in [0.25, 0.3) is 0 Å². The molecule has 0 fully saturated rings. The highest BCUT2D eigenvalue weighted by Gasteiger charge is 2.19. The molecular weight excluding hydrogens is 376 g/mol. The van der Waals surface area contributed by atoms with E-state index in [0.29, 0.717) is 6.61 Å². The first-order valence-corrected chi connectivity index (χ1v) is 8.19. The van der Waals surface area contributed by atoms with Crippen LogP contribution in [0.4, 0.5) is 5.69 Å². The van der Waals surface area contributed by atoms with Crippen LogP contribution in [-0.2, 0) is 0 Å². The van der Waals surface area contributed by atoms with Gasteiger partial charge in [-0.1, -0.05) is 28.1 Å². The van der Waals surface area contributed by atoms with Crippen LogP contribution in [0, 0.1) is 10.1 Å². The largest absolute Gasteiger partial charge is 0.487 e. The molecule has 0 aliphatic rings. The van der Waals surface area contributed by atoms with E-state index >= 15 is 0 Å². The molecule has 2 aromatic carbocycles. The summed E-state index contributed by atoms with van der Waals surface area (Å²) in [7, 11) is 0. The van der Waals surface area contributed by atoms with Crippen LogP contribution in [0.3, 0.4) is 0 Å². The molecule has 1 atom stereocenters. The first-order valence-electron chi connectivity index (χ1n) is 7.40. The Balaban J connectivity index is 2.20. The molecule has 7 heteroatoms. The Labute approximate surface area is 148 Å². The molecule has 2 aromatic rings. The number of hydrogen-bond acceptors (Lipinski definition) is 4. The van der Waals surface area contributed by atoms with Crippen molar-refractivity contribution >= 4 is 27.5 Å². The molecule has 0 aliphatic carbocycles. The van der Waals surface area contributed by atoms with Crippen molar-refractivity contribution in [3.8, 4) is 5.75 Å². The highest BCUT2D eigenvalue weighted by molar-refractivity contribution is 9.10. The van der Waals surface area contributed by atoms with Crippen LogP contribution < -0.4 is 10.1 Å². The quantitative estimate of drug-likeness (QED) is 0.588. The number of nitrogens with one attached hydrogen (secondary N) is 1. The molecule has 6 nitrogen and oxygen atoms in total. The van der Waals surface area contributed by atoms with Gasteiger partial charge in [-0.15, -0.1) is 0 Å². The van der Waals surface area contributed by atoms with Gasteiger partial charge in [0, 0.05) is 16.1 Å². The van der Waals surface area contributed by atoms with Gasteiger partial charge in [0.2, 0.25) is 0 Å². The molecule has 2 rings (SSSR count). The van der Waals surface area contributed by atoms with Crippen molar-refractivity contribution in [2.45, 2.75) is 19.9 Å². The van der Waals surface area contributed by atoms with Gasteiger partial charge < -0.3 is 10.1 Å². The summed E-state index contributed by atoms with van der Waals surface area (Å²) in [5.41, 5.74) is 0.921. The third-order valence-electron chi connectivity index (χ3n) is 3.41. The zero-order valence-electron chi connectivity index (χ0n) is 13.3. The maximum absolute atomic E-state index is 12.4. The number of ether oxygens (including phenoxy) is 1. The first-order chi connectivity index (χ1) is 11.4. The number of hydrogen-bond donors (Lipinski definition) is 1. The molecule has 24 heavy (non-hydrogen) atoms. The highest BCUT2D eigenvalue weighted by atomic mass is 79.9. The van der Waals surface area contributed by atoms with Crippen molar-refractivity contribution in [2.75, 3.05) is 6.61 Å². The summed E-state index contributed by atoms with van der Waals surface area (Å²) < 4.78 is 6.13. The summed E-state index contributed by atoms with van der Waals surface area (Å²) in [5, 5.41) is 14.0. The maximum Gasteiger partial charge on any atom is 0.311 e. The van der Waals surface area contributed by atoms with Crippen molar-refractivity contribution in [3.05, 3.63) is 68.2 Å². The van der Waals surface area contributed by atoms with E-state index in [1.807, 2.05) is 31.2 Å². The zero-order valence-corrected chi connectivity index (χ0v) is 14.9.